The van der Waals surface area contributed by atoms with E-state index in [0.29, 0.717) is 31.7 Å². The van der Waals surface area contributed by atoms with Crippen LogP contribution < -0.4 is 5.32 Å². The number of anilines is 1. The van der Waals surface area contributed by atoms with Crippen LogP contribution in [-0.2, 0) is 5.41 Å². The van der Waals surface area contributed by atoms with E-state index in [4.69, 9.17) is 0 Å². The van der Waals surface area contributed by atoms with E-state index in [0.717, 1.165) is 17.7 Å². The maximum Gasteiger partial charge on any atom is 0.321 e. The lowest BCUT2D eigenvalue weighted by molar-refractivity contribution is 0.0762. The van der Waals surface area contributed by atoms with Crippen molar-refractivity contribution >= 4 is 17.6 Å². The Morgan fingerprint density at radius 1 is 0.828 bits per heavy atom. The topological polar surface area (TPSA) is 52.7 Å². The van der Waals surface area contributed by atoms with Crippen LogP contribution in [0.1, 0.15) is 48.7 Å². The van der Waals surface area contributed by atoms with Crippen molar-refractivity contribution in [3.05, 3.63) is 65.2 Å². The second-order valence-corrected chi connectivity index (χ2v) is 8.76. The summed E-state index contributed by atoms with van der Waals surface area (Å²) in [6, 6.07) is 15.5. The smallest absolute Gasteiger partial charge is 0.321 e. The molecule has 3 amide bonds. The molecule has 154 valence electrons. The average Bonchev–Trinajstić information content (AvgIpc) is 2.94. The highest BCUT2D eigenvalue weighted by Crippen LogP contribution is 2.23. The van der Waals surface area contributed by atoms with Crippen molar-refractivity contribution in [2.24, 2.45) is 0 Å². The van der Waals surface area contributed by atoms with Gasteiger partial charge in [0.1, 0.15) is 0 Å². The van der Waals surface area contributed by atoms with Crippen molar-refractivity contribution in [1.82, 2.24) is 9.80 Å². The molecule has 0 radical (unpaired) electrons. The molecule has 0 aliphatic carbocycles. The van der Waals surface area contributed by atoms with Crippen LogP contribution in [0.4, 0.5) is 10.5 Å². The fraction of sp³-hybridized carbons (Fsp3) is 0.417. The zero-order chi connectivity index (χ0) is 21.0. The Balaban J connectivity index is 1.58. The SMILES string of the molecule is Cc1ccc(C(=O)N2CCCN(C(=O)Nc3ccc(C(C)(C)C)cc3)CC2)cc1. The Morgan fingerprint density at radius 3 is 2.03 bits per heavy atom. The molecular formula is C24H31N3O2. The van der Waals surface area contributed by atoms with Gasteiger partial charge in [0.25, 0.3) is 5.91 Å². The standard InChI is InChI=1S/C24H31N3O2/c1-18-6-8-19(9-7-18)22(28)26-14-5-15-27(17-16-26)23(29)25-21-12-10-20(11-13-21)24(2,3)4/h6-13H,5,14-17H2,1-4H3,(H,25,29). The number of urea groups is 1. The number of benzene rings is 2. The maximum absolute atomic E-state index is 12.8. The van der Waals surface area contributed by atoms with Crippen LogP contribution in [0.3, 0.4) is 0 Å². The molecule has 0 unspecified atom stereocenters. The van der Waals surface area contributed by atoms with Crippen LogP contribution in [0, 0.1) is 6.92 Å². The van der Waals surface area contributed by atoms with E-state index in [1.54, 1.807) is 4.90 Å². The molecule has 2 aromatic rings. The molecule has 1 fully saturated rings. The minimum absolute atomic E-state index is 0.0324. The van der Waals surface area contributed by atoms with Gasteiger partial charge in [-0.05, 0) is 48.6 Å². The summed E-state index contributed by atoms with van der Waals surface area (Å²) in [6.07, 6.45) is 0.772. The van der Waals surface area contributed by atoms with Crippen LogP contribution in [0.15, 0.2) is 48.5 Å². The van der Waals surface area contributed by atoms with Gasteiger partial charge in [0.15, 0.2) is 0 Å². The van der Waals surface area contributed by atoms with Crippen LogP contribution >= 0.6 is 0 Å². The minimum atomic E-state index is -0.113. The van der Waals surface area contributed by atoms with Crippen molar-refractivity contribution in [1.29, 1.82) is 0 Å². The van der Waals surface area contributed by atoms with E-state index < -0.39 is 0 Å². The summed E-state index contributed by atoms with van der Waals surface area (Å²) in [6.45, 7) is 10.9. The molecule has 2 aromatic carbocycles. The van der Waals surface area contributed by atoms with E-state index in [2.05, 4.69) is 38.2 Å². The first-order chi connectivity index (χ1) is 13.7. The number of amides is 3. The van der Waals surface area contributed by atoms with Gasteiger partial charge in [0, 0.05) is 37.4 Å². The number of nitrogens with one attached hydrogen (secondary N) is 1. The Bertz CT molecular complexity index is 851. The van der Waals surface area contributed by atoms with E-state index in [9.17, 15) is 9.59 Å². The monoisotopic (exact) mass is 393 g/mol. The van der Waals surface area contributed by atoms with Crippen molar-refractivity contribution in [3.63, 3.8) is 0 Å². The molecule has 1 heterocycles. The summed E-state index contributed by atoms with van der Waals surface area (Å²) in [7, 11) is 0. The molecule has 0 atom stereocenters. The molecule has 1 saturated heterocycles. The van der Waals surface area contributed by atoms with Crippen molar-refractivity contribution in [2.75, 3.05) is 31.5 Å². The Labute approximate surface area is 173 Å². The second kappa shape index (κ2) is 8.68. The zero-order valence-electron chi connectivity index (χ0n) is 17.9. The van der Waals surface area contributed by atoms with Crippen LogP contribution in [0.2, 0.25) is 0 Å². The van der Waals surface area contributed by atoms with E-state index in [1.165, 1.54) is 5.56 Å². The Hall–Kier alpha value is -2.82. The van der Waals surface area contributed by atoms with E-state index in [1.807, 2.05) is 48.2 Å². The van der Waals surface area contributed by atoms with Gasteiger partial charge < -0.3 is 15.1 Å². The Morgan fingerprint density at radius 2 is 1.41 bits per heavy atom. The largest absolute Gasteiger partial charge is 0.337 e. The third kappa shape index (κ3) is 5.37. The number of aryl methyl sites for hydroxylation is 1. The first-order valence-corrected chi connectivity index (χ1v) is 10.3. The van der Waals surface area contributed by atoms with Gasteiger partial charge in [0.05, 0.1) is 0 Å². The normalized spacial score (nSPS) is 15.0. The molecule has 1 aliphatic rings. The summed E-state index contributed by atoms with van der Waals surface area (Å²) >= 11 is 0. The predicted octanol–water partition coefficient (Wildman–Crippen LogP) is 4.67. The second-order valence-electron chi connectivity index (χ2n) is 8.76. The molecule has 1 aliphatic heterocycles. The number of hydrogen-bond donors (Lipinski definition) is 1. The number of carbonyl (C=O) groups excluding carboxylic acids is 2. The third-order valence-electron chi connectivity index (χ3n) is 5.37. The Kier molecular flexibility index (Phi) is 6.26. The molecule has 0 aromatic heterocycles. The lowest BCUT2D eigenvalue weighted by Crippen LogP contribution is -2.39. The molecule has 5 heteroatoms. The van der Waals surface area contributed by atoms with Crippen molar-refractivity contribution < 1.29 is 9.59 Å². The van der Waals surface area contributed by atoms with Crippen LogP contribution in [-0.4, -0.2) is 47.9 Å². The highest BCUT2D eigenvalue weighted by Gasteiger charge is 2.23. The number of carbonyl (C=O) groups is 2. The van der Waals surface area contributed by atoms with Gasteiger partial charge in [-0.3, -0.25) is 4.79 Å². The van der Waals surface area contributed by atoms with E-state index in [-0.39, 0.29) is 17.4 Å². The zero-order valence-corrected chi connectivity index (χ0v) is 17.9. The average molecular weight is 394 g/mol. The fourth-order valence-electron chi connectivity index (χ4n) is 3.46. The molecule has 29 heavy (non-hydrogen) atoms. The van der Waals surface area contributed by atoms with Crippen molar-refractivity contribution in [2.45, 2.75) is 39.5 Å². The fourth-order valence-corrected chi connectivity index (χ4v) is 3.46. The van der Waals surface area contributed by atoms with Crippen LogP contribution in [0.5, 0.6) is 0 Å². The van der Waals surface area contributed by atoms with Gasteiger partial charge in [-0.2, -0.15) is 0 Å². The summed E-state index contributed by atoms with van der Waals surface area (Å²) in [4.78, 5) is 29.1. The molecule has 0 spiro atoms. The molecule has 0 bridgehead atoms. The third-order valence-corrected chi connectivity index (χ3v) is 5.37. The van der Waals surface area contributed by atoms with Gasteiger partial charge in [0.2, 0.25) is 0 Å². The maximum atomic E-state index is 12.8. The quantitative estimate of drug-likeness (QED) is 0.806. The molecule has 5 nitrogen and oxygen atoms in total. The number of rotatable bonds is 2. The lowest BCUT2D eigenvalue weighted by atomic mass is 9.87. The first-order valence-electron chi connectivity index (χ1n) is 10.3. The minimum Gasteiger partial charge on any atom is -0.337 e. The first kappa shape index (κ1) is 20.9. The molecular weight excluding hydrogens is 362 g/mol. The number of hydrogen-bond acceptors (Lipinski definition) is 2. The summed E-state index contributed by atoms with van der Waals surface area (Å²) in [5.74, 6) is 0.0324. The predicted molar refractivity (Wildman–Crippen MR) is 117 cm³/mol. The van der Waals surface area contributed by atoms with Crippen LogP contribution in [0.25, 0.3) is 0 Å². The molecule has 0 saturated carbocycles. The number of nitrogens with zero attached hydrogens (tertiary/aromatic N) is 2. The highest BCUT2D eigenvalue weighted by molar-refractivity contribution is 5.94. The summed E-state index contributed by atoms with van der Waals surface area (Å²) in [5.41, 5.74) is 3.94. The van der Waals surface area contributed by atoms with E-state index >= 15 is 0 Å². The summed E-state index contributed by atoms with van der Waals surface area (Å²) in [5, 5.41) is 2.98. The molecule has 1 N–H and O–H groups in total. The lowest BCUT2D eigenvalue weighted by Gasteiger charge is -2.23. The van der Waals surface area contributed by atoms with Gasteiger partial charge in [-0.15, -0.1) is 0 Å². The summed E-state index contributed by atoms with van der Waals surface area (Å²) < 4.78 is 0. The van der Waals surface area contributed by atoms with Gasteiger partial charge >= 0.3 is 6.03 Å². The van der Waals surface area contributed by atoms with Crippen molar-refractivity contribution in [3.8, 4) is 0 Å². The molecule has 3 rings (SSSR count). The van der Waals surface area contributed by atoms with Gasteiger partial charge in [-0.25, -0.2) is 4.79 Å². The van der Waals surface area contributed by atoms with Gasteiger partial charge in [-0.1, -0.05) is 50.6 Å². The highest BCUT2D eigenvalue weighted by atomic mass is 16.2.